The molecule has 0 aliphatic carbocycles. The first-order valence-electron chi connectivity index (χ1n) is 6.12. The molecule has 1 heterocycles. The lowest BCUT2D eigenvalue weighted by atomic mass is 9.97. The quantitative estimate of drug-likeness (QED) is 0.690. The molecule has 1 aromatic rings. The van der Waals surface area contributed by atoms with Crippen molar-refractivity contribution in [1.82, 2.24) is 4.98 Å². The summed E-state index contributed by atoms with van der Waals surface area (Å²) in [6, 6.07) is 3.16. The Kier molecular flexibility index (Phi) is 5.29. The fourth-order valence-electron chi connectivity index (χ4n) is 1.71. The van der Waals surface area contributed by atoms with Gasteiger partial charge in [-0.25, -0.2) is 4.98 Å². The van der Waals surface area contributed by atoms with Crippen LogP contribution in [0, 0.1) is 11.8 Å². The van der Waals surface area contributed by atoms with Crippen molar-refractivity contribution >= 4 is 17.7 Å². The standard InChI is InChI=1S/C13H19N3O3/c1-8(2)5-10(13(18)19)7-16-11-4-3-9(6-15-11)12(14)17/h3-4,6,8,10H,5,7H2,1-2H3,(H2,14,17)(H,15,16)(H,18,19). The van der Waals surface area contributed by atoms with Gasteiger partial charge in [0.1, 0.15) is 5.82 Å². The van der Waals surface area contributed by atoms with Gasteiger partial charge in [0.2, 0.25) is 5.91 Å². The summed E-state index contributed by atoms with van der Waals surface area (Å²) in [5.74, 6) is -0.983. The second kappa shape index (κ2) is 6.72. The number of hydrogen-bond acceptors (Lipinski definition) is 4. The third-order valence-corrected chi connectivity index (χ3v) is 2.68. The highest BCUT2D eigenvalue weighted by atomic mass is 16.4. The Hall–Kier alpha value is -2.11. The zero-order chi connectivity index (χ0) is 14.4. The molecule has 0 spiro atoms. The van der Waals surface area contributed by atoms with Crippen LogP contribution in [0.15, 0.2) is 18.3 Å². The number of aromatic nitrogens is 1. The molecular weight excluding hydrogens is 246 g/mol. The number of hydrogen-bond donors (Lipinski definition) is 3. The highest BCUT2D eigenvalue weighted by molar-refractivity contribution is 5.92. The maximum Gasteiger partial charge on any atom is 0.308 e. The van der Waals surface area contributed by atoms with Crippen molar-refractivity contribution in [1.29, 1.82) is 0 Å². The van der Waals surface area contributed by atoms with Gasteiger partial charge in [-0.3, -0.25) is 9.59 Å². The molecule has 0 aliphatic heterocycles. The second-order valence-electron chi connectivity index (χ2n) is 4.84. The van der Waals surface area contributed by atoms with E-state index in [9.17, 15) is 9.59 Å². The Morgan fingerprint density at radius 2 is 2.11 bits per heavy atom. The van der Waals surface area contributed by atoms with E-state index in [2.05, 4.69) is 10.3 Å². The fraction of sp³-hybridized carbons (Fsp3) is 0.462. The van der Waals surface area contributed by atoms with Crippen LogP contribution in [-0.2, 0) is 4.79 Å². The summed E-state index contributed by atoms with van der Waals surface area (Å²) in [6.07, 6.45) is 1.96. The molecule has 0 bridgehead atoms. The van der Waals surface area contributed by atoms with E-state index < -0.39 is 17.8 Å². The number of aliphatic carboxylic acids is 1. The van der Waals surface area contributed by atoms with Gasteiger partial charge in [0.15, 0.2) is 0 Å². The lowest BCUT2D eigenvalue weighted by Crippen LogP contribution is -2.24. The number of rotatable bonds is 7. The van der Waals surface area contributed by atoms with E-state index in [1.165, 1.54) is 6.20 Å². The normalized spacial score (nSPS) is 12.2. The van der Waals surface area contributed by atoms with Crippen LogP contribution in [0.25, 0.3) is 0 Å². The van der Waals surface area contributed by atoms with Gasteiger partial charge in [0.25, 0.3) is 0 Å². The average Bonchev–Trinajstić information content (AvgIpc) is 2.34. The first kappa shape index (κ1) is 14.9. The molecule has 6 nitrogen and oxygen atoms in total. The molecular formula is C13H19N3O3. The van der Waals surface area contributed by atoms with Crippen LogP contribution in [0.2, 0.25) is 0 Å². The highest BCUT2D eigenvalue weighted by Gasteiger charge is 2.18. The van der Waals surface area contributed by atoms with Crippen molar-refractivity contribution in [2.75, 3.05) is 11.9 Å². The van der Waals surface area contributed by atoms with E-state index in [1.807, 2.05) is 13.8 Å². The van der Waals surface area contributed by atoms with E-state index in [-0.39, 0.29) is 0 Å². The molecule has 0 fully saturated rings. The third kappa shape index (κ3) is 4.95. The third-order valence-electron chi connectivity index (χ3n) is 2.68. The number of nitrogens with zero attached hydrogens (tertiary/aromatic N) is 1. The number of primary amides is 1. The predicted molar refractivity (Wildman–Crippen MR) is 71.8 cm³/mol. The summed E-state index contributed by atoms with van der Waals surface area (Å²) in [7, 11) is 0. The summed E-state index contributed by atoms with van der Waals surface area (Å²) in [4.78, 5) is 26.0. The van der Waals surface area contributed by atoms with Crippen molar-refractivity contribution in [3.05, 3.63) is 23.9 Å². The molecule has 1 atom stereocenters. The number of nitrogens with two attached hydrogens (primary N) is 1. The summed E-state index contributed by atoms with van der Waals surface area (Å²) < 4.78 is 0. The minimum atomic E-state index is -0.824. The molecule has 6 heteroatoms. The van der Waals surface area contributed by atoms with Crippen molar-refractivity contribution in [2.24, 2.45) is 17.6 Å². The SMILES string of the molecule is CC(C)CC(CNc1ccc(C(N)=O)cn1)C(=O)O. The van der Waals surface area contributed by atoms with Crippen LogP contribution in [0.5, 0.6) is 0 Å². The molecule has 1 aromatic heterocycles. The Balaban J connectivity index is 2.59. The Morgan fingerprint density at radius 1 is 1.42 bits per heavy atom. The minimum Gasteiger partial charge on any atom is -0.481 e. The Morgan fingerprint density at radius 3 is 2.53 bits per heavy atom. The van der Waals surface area contributed by atoms with Gasteiger partial charge in [0.05, 0.1) is 11.5 Å². The topological polar surface area (TPSA) is 105 Å². The van der Waals surface area contributed by atoms with E-state index in [0.717, 1.165) is 0 Å². The van der Waals surface area contributed by atoms with Crippen LogP contribution in [0.3, 0.4) is 0 Å². The largest absolute Gasteiger partial charge is 0.481 e. The van der Waals surface area contributed by atoms with Crippen LogP contribution in [0.4, 0.5) is 5.82 Å². The summed E-state index contributed by atoms with van der Waals surface area (Å²) in [6.45, 7) is 4.27. The molecule has 1 amide bonds. The van der Waals surface area contributed by atoms with Gasteiger partial charge >= 0.3 is 5.97 Å². The van der Waals surface area contributed by atoms with Gasteiger partial charge in [-0.15, -0.1) is 0 Å². The van der Waals surface area contributed by atoms with Gasteiger partial charge < -0.3 is 16.2 Å². The number of carboxylic acids is 1. The van der Waals surface area contributed by atoms with E-state index in [4.69, 9.17) is 10.8 Å². The summed E-state index contributed by atoms with van der Waals surface area (Å²) in [5, 5.41) is 12.0. The van der Waals surface area contributed by atoms with E-state index in [1.54, 1.807) is 12.1 Å². The lowest BCUT2D eigenvalue weighted by Gasteiger charge is -2.15. The first-order chi connectivity index (χ1) is 8.90. The molecule has 4 N–H and O–H groups in total. The van der Waals surface area contributed by atoms with Gasteiger partial charge in [-0.1, -0.05) is 13.8 Å². The summed E-state index contributed by atoms with van der Waals surface area (Å²) in [5.41, 5.74) is 5.43. The molecule has 104 valence electrons. The first-order valence-corrected chi connectivity index (χ1v) is 6.12. The monoisotopic (exact) mass is 265 g/mol. The van der Waals surface area contributed by atoms with Crippen LogP contribution >= 0.6 is 0 Å². The number of carboxylic acid groups (broad SMARTS) is 1. The van der Waals surface area contributed by atoms with Crippen LogP contribution < -0.4 is 11.1 Å². The van der Waals surface area contributed by atoms with Gasteiger partial charge in [-0.05, 0) is 24.5 Å². The second-order valence-corrected chi connectivity index (χ2v) is 4.84. The lowest BCUT2D eigenvalue weighted by molar-refractivity contribution is -0.141. The molecule has 1 rings (SSSR count). The Labute approximate surface area is 112 Å². The van der Waals surface area contributed by atoms with Crippen molar-refractivity contribution in [3.63, 3.8) is 0 Å². The van der Waals surface area contributed by atoms with Crippen LogP contribution in [0.1, 0.15) is 30.6 Å². The van der Waals surface area contributed by atoms with E-state index >= 15 is 0 Å². The minimum absolute atomic E-state index is 0.302. The molecule has 0 aliphatic rings. The van der Waals surface area contributed by atoms with E-state index in [0.29, 0.717) is 30.3 Å². The molecule has 1 unspecified atom stereocenters. The number of carbonyl (C=O) groups is 2. The molecule has 0 aromatic carbocycles. The van der Waals surface area contributed by atoms with Gasteiger partial charge in [0, 0.05) is 12.7 Å². The fourth-order valence-corrected chi connectivity index (χ4v) is 1.71. The Bertz CT molecular complexity index is 443. The highest BCUT2D eigenvalue weighted by Crippen LogP contribution is 2.13. The predicted octanol–water partition coefficient (Wildman–Crippen LogP) is 1.34. The number of nitrogens with one attached hydrogen (secondary N) is 1. The van der Waals surface area contributed by atoms with Crippen molar-refractivity contribution < 1.29 is 14.7 Å². The van der Waals surface area contributed by atoms with Gasteiger partial charge in [-0.2, -0.15) is 0 Å². The summed E-state index contributed by atoms with van der Waals surface area (Å²) >= 11 is 0. The molecule has 0 saturated carbocycles. The molecule has 0 radical (unpaired) electrons. The maximum absolute atomic E-state index is 11.1. The smallest absolute Gasteiger partial charge is 0.308 e. The van der Waals surface area contributed by atoms with Crippen molar-refractivity contribution in [2.45, 2.75) is 20.3 Å². The molecule has 0 saturated heterocycles. The number of carbonyl (C=O) groups excluding carboxylic acids is 1. The zero-order valence-electron chi connectivity index (χ0n) is 11.1. The van der Waals surface area contributed by atoms with Crippen LogP contribution in [-0.4, -0.2) is 28.5 Å². The van der Waals surface area contributed by atoms with Crippen molar-refractivity contribution in [3.8, 4) is 0 Å². The zero-order valence-corrected chi connectivity index (χ0v) is 11.1. The molecule has 19 heavy (non-hydrogen) atoms. The number of anilines is 1. The number of pyridine rings is 1. The number of amides is 1. The average molecular weight is 265 g/mol. The maximum atomic E-state index is 11.1.